The van der Waals surface area contributed by atoms with Gasteiger partial charge in [-0.3, -0.25) is 19.3 Å². The van der Waals surface area contributed by atoms with Gasteiger partial charge in [-0.25, -0.2) is 0 Å². The third-order valence-corrected chi connectivity index (χ3v) is 4.36. The minimum absolute atomic E-state index is 0.0174. The van der Waals surface area contributed by atoms with Gasteiger partial charge in [0.25, 0.3) is 0 Å². The molecule has 0 bridgehead atoms. The van der Waals surface area contributed by atoms with Gasteiger partial charge in [-0.1, -0.05) is 20.8 Å². The highest BCUT2D eigenvalue weighted by Crippen LogP contribution is 2.23. The first-order valence-electron chi connectivity index (χ1n) is 8.57. The lowest BCUT2D eigenvalue weighted by Crippen LogP contribution is -2.49. The summed E-state index contributed by atoms with van der Waals surface area (Å²) in [7, 11) is 3.59. The van der Waals surface area contributed by atoms with E-state index in [1.807, 2.05) is 13.1 Å². The van der Waals surface area contributed by atoms with Gasteiger partial charge in [-0.15, -0.1) is 0 Å². The lowest BCUT2D eigenvalue weighted by atomic mass is 9.92. The maximum atomic E-state index is 12.3. The van der Waals surface area contributed by atoms with E-state index in [0.717, 1.165) is 50.8 Å². The summed E-state index contributed by atoms with van der Waals surface area (Å²) in [6.45, 7) is 12.3. The molecule has 1 N–H and O–H groups in total. The number of piperazine rings is 1. The highest BCUT2D eigenvalue weighted by molar-refractivity contribution is 5.91. The zero-order chi connectivity index (χ0) is 17.7. The predicted octanol–water partition coefficient (Wildman–Crippen LogP) is 0.920. The van der Waals surface area contributed by atoms with E-state index < -0.39 is 0 Å². The number of amides is 1. The second-order valence-electron chi connectivity index (χ2n) is 7.45. The van der Waals surface area contributed by atoms with E-state index in [9.17, 15) is 4.79 Å². The highest BCUT2D eigenvalue weighted by atomic mass is 16.5. The summed E-state index contributed by atoms with van der Waals surface area (Å²) >= 11 is 0. The van der Waals surface area contributed by atoms with Crippen LogP contribution in [0.3, 0.4) is 0 Å². The van der Waals surface area contributed by atoms with Gasteiger partial charge in [0, 0.05) is 58.4 Å². The number of nitrogens with zero attached hydrogens (tertiary/aromatic N) is 4. The Hall–Kier alpha value is -1.44. The van der Waals surface area contributed by atoms with Crippen molar-refractivity contribution in [3.05, 3.63) is 11.8 Å². The van der Waals surface area contributed by atoms with Crippen LogP contribution in [0.25, 0.3) is 0 Å². The normalized spacial score (nSPS) is 17.2. The van der Waals surface area contributed by atoms with Crippen LogP contribution in [0.4, 0.5) is 5.82 Å². The number of anilines is 1. The number of aromatic nitrogens is 2. The molecule has 1 aromatic heterocycles. The minimum Gasteiger partial charge on any atom is -0.383 e. The maximum Gasteiger partial charge on any atom is 0.239 e. The van der Waals surface area contributed by atoms with E-state index in [-0.39, 0.29) is 11.3 Å². The van der Waals surface area contributed by atoms with Gasteiger partial charge >= 0.3 is 0 Å². The lowest BCUT2D eigenvalue weighted by Gasteiger charge is -2.34. The molecular weight excluding hydrogens is 306 g/mol. The fraction of sp³-hybridized carbons (Fsp3) is 0.765. The van der Waals surface area contributed by atoms with Crippen molar-refractivity contribution in [3.8, 4) is 0 Å². The van der Waals surface area contributed by atoms with Crippen molar-refractivity contribution in [2.45, 2.75) is 26.2 Å². The second-order valence-corrected chi connectivity index (χ2v) is 7.45. The van der Waals surface area contributed by atoms with Crippen molar-refractivity contribution in [3.63, 3.8) is 0 Å². The monoisotopic (exact) mass is 337 g/mol. The van der Waals surface area contributed by atoms with Crippen molar-refractivity contribution in [1.29, 1.82) is 0 Å². The van der Waals surface area contributed by atoms with E-state index >= 15 is 0 Å². The third-order valence-electron chi connectivity index (χ3n) is 4.36. The van der Waals surface area contributed by atoms with Crippen LogP contribution in [-0.4, -0.2) is 78.5 Å². The van der Waals surface area contributed by atoms with Crippen molar-refractivity contribution >= 4 is 11.7 Å². The Labute approximate surface area is 144 Å². The van der Waals surface area contributed by atoms with Crippen LogP contribution in [0, 0.1) is 0 Å². The van der Waals surface area contributed by atoms with E-state index in [1.54, 1.807) is 11.8 Å². The molecule has 2 rings (SSSR count). The Bertz CT molecular complexity index is 542. The summed E-state index contributed by atoms with van der Waals surface area (Å²) < 4.78 is 6.85. The molecular formula is C17H31N5O2. The standard InChI is InChI=1S/C17H31N5O2/c1-17(2,3)14-12-15(20(4)19-14)18-16(23)13-22-8-6-21(7-9-22)10-11-24-5/h12H,6-11,13H2,1-5H3,(H,18,23). The Morgan fingerprint density at radius 3 is 2.42 bits per heavy atom. The summed E-state index contributed by atoms with van der Waals surface area (Å²) in [6.07, 6.45) is 0. The molecule has 1 aliphatic rings. The first kappa shape index (κ1) is 18.9. The minimum atomic E-state index is -0.0285. The van der Waals surface area contributed by atoms with E-state index in [0.29, 0.717) is 6.54 Å². The van der Waals surface area contributed by atoms with Crippen molar-refractivity contribution in [2.24, 2.45) is 7.05 Å². The summed E-state index contributed by atoms with van der Waals surface area (Å²) in [4.78, 5) is 16.9. The van der Waals surface area contributed by atoms with Crippen LogP contribution in [0.2, 0.25) is 0 Å². The molecule has 24 heavy (non-hydrogen) atoms. The first-order chi connectivity index (χ1) is 11.3. The number of hydrogen-bond acceptors (Lipinski definition) is 5. The molecule has 0 radical (unpaired) electrons. The number of carbonyl (C=O) groups excluding carboxylic acids is 1. The molecule has 0 atom stereocenters. The van der Waals surface area contributed by atoms with Gasteiger partial charge in [-0.05, 0) is 0 Å². The molecule has 1 saturated heterocycles. The molecule has 0 unspecified atom stereocenters. The van der Waals surface area contributed by atoms with Gasteiger partial charge in [0.05, 0.1) is 18.8 Å². The molecule has 0 aromatic carbocycles. The quantitative estimate of drug-likeness (QED) is 0.836. The lowest BCUT2D eigenvalue weighted by molar-refractivity contribution is -0.117. The molecule has 7 heteroatoms. The van der Waals surface area contributed by atoms with E-state index in [2.05, 4.69) is 41.0 Å². The Balaban J connectivity index is 1.81. The van der Waals surface area contributed by atoms with Crippen LogP contribution in [0.5, 0.6) is 0 Å². The number of rotatable bonds is 6. The second kappa shape index (κ2) is 8.09. The molecule has 7 nitrogen and oxygen atoms in total. The SMILES string of the molecule is COCCN1CCN(CC(=O)Nc2cc(C(C)(C)C)nn2C)CC1. The van der Waals surface area contributed by atoms with Gasteiger partial charge < -0.3 is 10.1 Å². The summed E-state index contributed by atoms with van der Waals surface area (Å²) in [6, 6.07) is 1.96. The van der Waals surface area contributed by atoms with Gasteiger partial charge in [-0.2, -0.15) is 5.10 Å². The molecule has 136 valence electrons. The van der Waals surface area contributed by atoms with Crippen LogP contribution in [0.1, 0.15) is 26.5 Å². The average molecular weight is 337 g/mol. The average Bonchev–Trinajstić information content (AvgIpc) is 2.88. The number of nitrogens with one attached hydrogen (secondary N) is 1. The van der Waals surface area contributed by atoms with Crippen LogP contribution >= 0.6 is 0 Å². The highest BCUT2D eigenvalue weighted by Gasteiger charge is 2.21. The zero-order valence-corrected chi connectivity index (χ0v) is 15.6. The predicted molar refractivity (Wildman–Crippen MR) is 95.3 cm³/mol. The Kier molecular flexibility index (Phi) is 6.37. The Morgan fingerprint density at radius 2 is 1.88 bits per heavy atom. The van der Waals surface area contributed by atoms with Crippen molar-refractivity contribution < 1.29 is 9.53 Å². The Morgan fingerprint density at radius 1 is 1.25 bits per heavy atom. The topological polar surface area (TPSA) is 62.6 Å². The maximum absolute atomic E-state index is 12.3. The molecule has 1 aliphatic heterocycles. The largest absolute Gasteiger partial charge is 0.383 e. The first-order valence-corrected chi connectivity index (χ1v) is 8.57. The fourth-order valence-corrected chi connectivity index (χ4v) is 2.73. The third kappa shape index (κ3) is 5.29. The molecule has 1 fully saturated rings. The van der Waals surface area contributed by atoms with E-state index in [1.165, 1.54) is 0 Å². The summed E-state index contributed by atoms with van der Waals surface area (Å²) in [5.74, 6) is 0.771. The molecule has 0 spiro atoms. The summed E-state index contributed by atoms with van der Waals surface area (Å²) in [5, 5.41) is 7.47. The molecule has 2 heterocycles. The molecule has 1 amide bonds. The van der Waals surface area contributed by atoms with E-state index in [4.69, 9.17) is 4.74 Å². The van der Waals surface area contributed by atoms with Gasteiger partial charge in [0.1, 0.15) is 5.82 Å². The van der Waals surface area contributed by atoms with Crippen LogP contribution < -0.4 is 5.32 Å². The number of carbonyl (C=O) groups is 1. The van der Waals surface area contributed by atoms with Gasteiger partial charge in [0.2, 0.25) is 5.91 Å². The molecule has 0 aliphatic carbocycles. The number of hydrogen-bond donors (Lipinski definition) is 1. The number of aryl methyl sites for hydroxylation is 1. The fourth-order valence-electron chi connectivity index (χ4n) is 2.73. The van der Waals surface area contributed by atoms with Gasteiger partial charge in [0.15, 0.2) is 0 Å². The zero-order valence-electron chi connectivity index (χ0n) is 15.6. The molecule has 1 aromatic rings. The number of ether oxygens (including phenoxy) is 1. The smallest absolute Gasteiger partial charge is 0.239 e. The van der Waals surface area contributed by atoms with Crippen molar-refractivity contribution in [2.75, 3.05) is 58.3 Å². The molecule has 0 saturated carbocycles. The van der Waals surface area contributed by atoms with Crippen LogP contribution in [-0.2, 0) is 22.0 Å². The van der Waals surface area contributed by atoms with Crippen molar-refractivity contribution in [1.82, 2.24) is 19.6 Å². The van der Waals surface area contributed by atoms with Crippen LogP contribution in [0.15, 0.2) is 6.07 Å². The summed E-state index contributed by atoms with van der Waals surface area (Å²) in [5.41, 5.74) is 0.950. The number of methoxy groups -OCH3 is 1.